The summed E-state index contributed by atoms with van der Waals surface area (Å²) in [7, 11) is 0. The Bertz CT molecular complexity index is 1110. The number of hydrogen-bond acceptors (Lipinski definition) is 8. The Morgan fingerprint density at radius 2 is 2.00 bits per heavy atom. The number of nitrogens with zero attached hydrogens (tertiary/aromatic N) is 6. The van der Waals surface area contributed by atoms with E-state index < -0.39 is 10.8 Å². The zero-order chi connectivity index (χ0) is 21.8. The molecule has 10 nitrogen and oxygen atoms in total. The van der Waals surface area contributed by atoms with Crippen LogP contribution in [0.2, 0.25) is 0 Å². The normalized spacial score (nSPS) is 14.0. The van der Waals surface area contributed by atoms with Crippen LogP contribution in [-0.4, -0.2) is 56.5 Å². The summed E-state index contributed by atoms with van der Waals surface area (Å²) in [6, 6.07) is 5.90. The van der Waals surface area contributed by atoms with Gasteiger partial charge in [0.15, 0.2) is 10.8 Å². The molecule has 11 heteroatoms. The summed E-state index contributed by atoms with van der Waals surface area (Å²) >= 11 is 1.48. The molecule has 4 rings (SSSR count). The standard InChI is InChI=1S/C20H23N7O3S/c1-31-20-23-17(25-10-5-2-6-11-25)15-13-22-26(18(15)24-20)12-9-21-19(28)14-7-3-4-8-16(14)27(29)30/h3-4,7-8,13H,2,5-6,9-12H2,1H3,(H,21,28). The number of carbonyl (C=O) groups excluding carboxylic acids is 1. The van der Waals surface area contributed by atoms with E-state index in [1.807, 2.05) is 6.26 Å². The van der Waals surface area contributed by atoms with Crippen LogP contribution in [0.4, 0.5) is 11.5 Å². The molecule has 0 spiro atoms. The number of thioether (sulfide) groups is 1. The van der Waals surface area contributed by atoms with Gasteiger partial charge in [-0.1, -0.05) is 23.9 Å². The van der Waals surface area contributed by atoms with Gasteiger partial charge in [0, 0.05) is 25.7 Å². The third kappa shape index (κ3) is 4.46. The molecule has 3 aromatic rings. The molecule has 31 heavy (non-hydrogen) atoms. The van der Waals surface area contributed by atoms with E-state index in [4.69, 9.17) is 4.98 Å². The summed E-state index contributed by atoms with van der Waals surface area (Å²) < 4.78 is 1.74. The van der Waals surface area contributed by atoms with Gasteiger partial charge in [0.05, 0.1) is 23.1 Å². The van der Waals surface area contributed by atoms with Crippen molar-refractivity contribution in [1.82, 2.24) is 25.1 Å². The zero-order valence-electron chi connectivity index (χ0n) is 17.2. The highest BCUT2D eigenvalue weighted by atomic mass is 32.2. The Morgan fingerprint density at radius 1 is 1.23 bits per heavy atom. The van der Waals surface area contributed by atoms with Crippen LogP contribution >= 0.6 is 11.8 Å². The Labute approximate surface area is 183 Å². The number of anilines is 1. The van der Waals surface area contributed by atoms with Crippen molar-refractivity contribution in [2.45, 2.75) is 31.0 Å². The first-order chi connectivity index (χ1) is 15.1. The average Bonchev–Trinajstić information content (AvgIpc) is 3.21. The molecule has 1 amide bonds. The number of benzene rings is 1. The Hall–Kier alpha value is -3.21. The van der Waals surface area contributed by atoms with Crippen LogP contribution in [0, 0.1) is 10.1 Å². The molecule has 1 aliphatic heterocycles. The topological polar surface area (TPSA) is 119 Å². The molecule has 3 heterocycles. The minimum absolute atomic E-state index is 0.0391. The SMILES string of the molecule is CSc1nc(N2CCCCC2)c2cnn(CCNC(=O)c3ccccc3[N+](=O)[O-])c2n1. The lowest BCUT2D eigenvalue weighted by Crippen LogP contribution is -2.30. The molecule has 2 aromatic heterocycles. The van der Waals surface area contributed by atoms with Crippen molar-refractivity contribution < 1.29 is 9.72 Å². The van der Waals surface area contributed by atoms with Crippen LogP contribution < -0.4 is 10.2 Å². The summed E-state index contributed by atoms with van der Waals surface area (Å²) in [5.74, 6) is 0.418. The van der Waals surface area contributed by atoms with E-state index in [2.05, 4.69) is 20.3 Å². The third-order valence-corrected chi connectivity index (χ3v) is 5.80. The largest absolute Gasteiger partial charge is 0.356 e. The second-order valence-corrected chi connectivity index (χ2v) is 7.99. The molecule has 1 aliphatic rings. The van der Waals surface area contributed by atoms with E-state index in [0.717, 1.165) is 42.8 Å². The number of carbonyl (C=O) groups is 1. The van der Waals surface area contributed by atoms with Gasteiger partial charge in [0.2, 0.25) is 0 Å². The molecule has 0 unspecified atom stereocenters. The maximum absolute atomic E-state index is 12.4. The predicted molar refractivity (Wildman–Crippen MR) is 119 cm³/mol. The fraction of sp³-hybridized carbons (Fsp3) is 0.400. The second-order valence-electron chi connectivity index (χ2n) is 7.22. The first kappa shape index (κ1) is 21.0. The predicted octanol–water partition coefficient (Wildman–Crippen LogP) is 2.88. The van der Waals surface area contributed by atoms with E-state index in [0.29, 0.717) is 11.7 Å². The maximum atomic E-state index is 12.4. The van der Waals surface area contributed by atoms with Gasteiger partial charge < -0.3 is 10.2 Å². The van der Waals surface area contributed by atoms with E-state index >= 15 is 0 Å². The molecule has 1 fully saturated rings. The van der Waals surface area contributed by atoms with E-state index in [9.17, 15) is 14.9 Å². The molecule has 0 aliphatic carbocycles. The highest BCUT2D eigenvalue weighted by molar-refractivity contribution is 7.98. The monoisotopic (exact) mass is 441 g/mol. The summed E-state index contributed by atoms with van der Waals surface area (Å²) in [6.07, 6.45) is 7.23. The van der Waals surface area contributed by atoms with Gasteiger partial charge in [0.1, 0.15) is 11.4 Å². The summed E-state index contributed by atoms with van der Waals surface area (Å²) in [6.45, 7) is 2.59. The number of piperidine rings is 1. The van der Waals surface area contributed by atoms with Crippen LogP contribution in [0.15, 0.2) is 35.6 Å². The lowest BCUT2D eigenvalue weighted by atomic mass is 10.1. The molecule has 0 bridgehead atoms. The number of amides is 1. The molecular weight excluding hydrogens is 418 g/mol. The number of nitro groups is 1. The molecule has 1 aromatic carbocycles. The van der Waals surface area contributed by atoms with Crippen molar-refractivity contribution in [3.8, 4) is 0 Å². The highest BCUT2D eigenvalue weighted by Crippen LogP contribution is 2.28. The minimum atomic E-state index is -0.557. The Morgan fingerprint density at radius 3 is 2.74 bits per heavy atom. The fourth-order valence-corrected chi connectivity index (χ4v) is 4.07. The smallest absolute Gasteiger partial charge is 0.282 e. The van der Waals surface area contributed by atoms with Crippen LogP contribution in [0.1, 0.15) is 29.6 Å². The van der Waals surface area contributed by atoms with Gasteiger partial charge in [-0.3, -0.25) is 14.9 Å². The molecule has 1 N–H and O–H groups in total. The third-order valence-electron chi connectivity index (χ3n) is 5.25. The van der Waals surface area contributed by atoms with Crippen LogP contribution in [0.3, 0.4) is 0 Å². The maximum Gasteiger partial charge on any atom is 0.282 e. The number of hydrogen-bond donors (Lipinski definition) is 1. The summed E-state index contributed by atoms with van der Waals surface area (Å²) in [5.41, 5.74) is 0.546. The first-order valence-corrected chi connectivity index (χ1v) is 11.3. The fourth-order valence-electron chi connectivity index (χ4n) is 3.72. The molecule has 0 atom stereocenters. The number of nitro benzene ring substituents is 1. The van der Waals surface area contributed by atoms with Crippen LogP contribution in [0.25, 0.3) is 11.0 Å². The molecule has 0 saturated carbocycles. The molecule has 1 saturated heterocycles. The van der Waals surface area contributed by atoms with E-state index in [1.165, 1.54) is 36.4 Å². The highest BCUT2D eigenvalue weighted by Gasteiger charge is 2.21. The van der Waals surface area contributed by atoms with Gasteiger partial charge in [-0.2, -0.15) is 5.10 Å². The summed E-state index contributed by atoms with van der Waals surface area (Å²) in [5, 5.41) is 19.9. The van der Waals surface area contributed by atoms with Crippen molar-refractivity contribution in [2.24, 2.45) is 0 Å². The lowest BCUT2D eigenvalue weighted by Gasteiger charge is -2.28. The minimum Gasteiger partial charge on any atom is -0.356 e. The molecular formula is C20H23N7O3S. The van der Waals surface area contributed by atoms with Crippen LogP contribution in [-0.2, 0) is 6.54 Å². The quantitative estimate of drug-likeness (QED) is 0.257. The molecule has 0 radical (unpaired) electrons. The van der Waals surface area contributed by atoms with E-state index in [-0.39, 0.29) is 17.8 Å². The van der Waals surface area contributed by atoms with Gasteiger partial charge >= 0.3 is 0 Å². The molecule has 162 valence electrons. The van der Waals surface area contributed by atoms with Crippen LogP contribution in [0.5, 0.6) is 0 Å². The number of rotatable bonds is 7. The number of para-hydroxylation sites is 1. The summed E-state index contributed by atoms with van der Waals surface area (Å²) in [4.78, 5) is 34.7. The number of nitrogens with one attached hydrogen (secondary N) is 1. The zero-order valence-corrected chi connectivity index (χ0v) is 18.0. The second kappa shape index (κ2) is 9.29. The van der Waals surface area contributed by atoms with Crippen molar-refractivity contribution in [3.63, 3.8) is 0 Å². The van der Waals surface area contributed by atoms with Gasteiger partial charge in [-0.05, 0) is 31.6 Å². The van der Waals surface area contributed by atoms with Crippen molar-refractivity contribution in [1.29, 1.82) is 0 Å². The Balaban J connectivity index is 1.52. The van der Waals surface area contributed by atoms with Crippen molar-refractivity contribution >= 4 is 40.2 Å². The van der Waals surface area contributed by atoms with E-state index in [1.54, 1.807) is 16.9 Å². The lowest BCUT2D eigenvalue weighted by molar-refractivity contribution is -0.385. The van der Waals surface area contributed by atoms with Gasteiger partial charge in [-0.15, -0.1) is 0 Å². The van der Waals surface area contributed by atoms with Crippen molar-refractivity contribution in [2.75, 3.05) is 30.8 Å². The Kier molecular flexibility index (Phi) is 6.31. The average molecular weight is 442 g/mol. The number of aromatic nitrogens is 4. The van der Waals surface area contributed by atoms with Gasteiger partial charge in [0.25, 0.3) is 11.6 Å². The first-order valence-electron chi connectivity index (χ1n) is 10.1. The van der Waals surface area contributed by atoms with Crippen molar-refractivity contribution in [3.05, 3.63) is 46.1 Å². The number of fused-ring (bicyclic) bond motifs is 1. The van der Waals surface area contributed by atoms with Gasteiger partial charge in [-0.25, -0.2) is 14.6 Å².